The van der Waals surface area contributed by atoms with E-state index in [2.05, 4.69) is 37.9 Å². The summed E-state index contributed by atoms with van der Waals surface area (Å²) < 4.78 is 16.1. The monoisotopic (exact) mass is 424 g/mol. The van der Waals surface area contributed by atoms with Crippen LogP contribution in [0.5, 0.6) is 17.2 Å². The number of nitrogens with zero attached hydrogens (tertiary/aromatic N) is 2. The molecule has 1 atom stereocenters. The van der Waals surface area contributed by atoms with Crippen molar-refractivity contribution >= 4 is 0 Å². The highest BCUT2D eigenvalue weighted by Gasteiger charge is 2.35. The molecule has 5 nitrogen and oxygen atoms in total. The average Bonchev–Trinajstić information content (AvgIpc) is 2.80. The molecule has 0 N–H and O–H groups in total. The molecule has 0 fully saturated rings. The first-order valence-electron chi connectivity index (χ1n) is 10.9. The molecule has 168 valence electrons. The predicted molar refractivity (Wildman–Crippen MR) is 125 cm³/mol. The second-order valence-corrected chi connectivity index (χ2v) is 8.32. The molecule has 0 aliphatic heterocycles. The fourth-order valence-electron chi connectivity index (χ4n) is 4.01. The number of rotatable bonds is 12. The van der Waals surface area contributed by atoms with Crippen LogP contribution in [0.4, 0.5) is 0 Å². The number of methoxy groups -OCH3 is 3. The Bertz CT molecular complexity index is 875. The van der Waals surface area contributed by atoms with Crippen molar-refractivity contribution in [2.45, 2.75) is 38.5 Å². The predicted octanol–water partition coefficient (Wildman–Crippen LogP) is 5.08. The van der Waals surface area contributed by atoms with E-state index in [-0.39, 0.29) is 5.92 Å². The molecule has 31 heavy (non-hydrogen) atoms. The molecule has 0 radical (unpaired) electrons. The Kier molecular flexibility index (Phi) is 9.21. The van der Waals surface area contributed by atoms with Gasteiger partial charge in [-0.15, -0.1) is 0 Å². The lowest BCUT2D eigenvalue weighted by Crippen LogP contribution is -2.32. The van der Waals surface area contributed by atoms with Gasteiger partial charge in [-0.3, -0.25) is 0 Å². The normalized spacial score (nSPS) is 13.0. The van der Waals surface area contributed by atoms with Gasteiger partial charge in [-0.2, -0.15) is 5.26 Å². The van der Waals surface area contributed by atoms with E-state index in [4.69, 9.17) is 14.2 Å². The van der Waals surface area contributed by atoms with Gasteiger partial charge in [-0.1, -0.05) is 32.0 Å². The van der Waals surface area contributed by atoms with Crippen molar-refractivity contribution in [2.24, 2.45) is 5.92 Å². The van der Waals surface area contributed by atoms with Crippen molar-refractivity contribution in [3.05, 3.63) is 53.6 Å². The first-order chi connectivity index (χ1) is 14.9. The maximum atomic E-state index is 10.1. The highest BCUT2D eigenvalue weighted by molar-refractivity contribution is 5.43. The largest absolute Gasteiger partial charge is 0.497 e. The first-order valence-corrected chi connectivity index (χ1v) is 10.9. The summed E-state index contributed by atoms with van der Waals surface area (Å²) in [5.74, 6) is 2.52. The number of ether oxygens (including phenoxy) is 3. The Balaban J connectivity index is 1.97. The zero-order valence-corrected chi connectivity index (χ0v) is 19.8. The molecule has 5 heteroatoms. The van der Waals surface area contributed by atoms with Crippen LogP contribution in [0.3, 0.4) is 0 Å². The lowest BCUT2D eigenvalue weighted by atomic mass is 9.70. The van der Waals surface area contributed by atoms with E-state index in [1.165, 1.54) is 5.56 Å². The standard InChI is InChI=1S/C26H36N2O3/c1-20(2)26(19-27,22-9-7-10-23(18-22)29-4)14-8-15-28(3)16-13-21-11-12-24(30-5)25(17-21)31-6/h7,9-12,17-18,20H,8,13-16H2,1-6H3. The van der Waals surface area contributed by atoms with Gasteiger partial charge in [0.2, 0.25) is 0 Å². The highest BCUT2D eigenvalue weighted by atomic mass is 16.5. The lowest BCUT2D eigenvalue weighted by Gasteiger charge is -2.32. The van der Waals surface area contributed by atoms with Crippen LogP contribution in [0.15, 0.2) is 42.5 Å². The fourth-order valence-corrected chi connectivity index (χ4v) is 4.01. The summed E-state index contributed by atoms with van der Waals surface area (Å²) in [6, 6.07) is 16.7. The van der Waals surface area contributed by atoms with E-state index in [1.54, 1.807) is 21.3 Å². The number of hydrogen-bond acceptors (Lipinski definition) is 5. The van der Waals surface area contributed by atoms with Crippen LogP contribution < -0.4 is 14.2 Å². The van der Waals surface area contributed by atoms with Gasteiger partial charge in [0.25, 0.3) is 0 Å². The van der Waals surface area contributed by atoms with Gasteiger partial charge in [-0.25, -0.2) is 0 Å². The minimum atomic E-state index is -0.515. The second kappa shape index (κ2) is 11.6. The third kappa shape index (κ3) is 6.15. The third-order valence-corrected chi connectivity index (χ3v) is 6.11. The van der Waals surface area contributed by atoms with E-state index in [0.29, 0.717) is 0 Å². The summed E-state index contributed by atoms with van der Waals surface area (Å²) in [6.45, 7) is 6.14. The summed E-state index contributed by atoms with van der Waals surface area (Å²) in [4.78, 5) is 2.32. The van der Waals surface area contributed by atoms with Gasteiger partial charge in [0.15, 0.2) is 11.5 Å². The molecular formula is C26H36N2O3. The average molecular weight is 425 g/mol. The topological polar surface area (TPSA) is 54.7 Å². The van der Waals surface area contributed by atoms with E-state index in [0.717, 1.165) is 55.2 Å². The smallest absolute Gasteiger partial charge is 0.160 e. The van der Waals surface area contributed by atoms with Crippen LogP contribution in [0.2, 0.25) is 0 Å². The van der Waals surface area contributed by atoms with Crippen LogP contribution in [0, 0.1) is 17.2 Å². The van der Waals surface area contributed by atoms with Gasteiger partial charge >= 0.3 is 0 Å². The van der Waals surface area contributed by atoms with Crippen LogP contribution in [-0.4, -0.2) is 46.4 Å². The summed E-state index contributed by atoms with van der Waals surface area (Å²) in [5.41, 5.74) is 1.74. The molecule has 1 unspecified atom stereocenters. The van der Waals surface area contributed by atoms with E-state index >= 15 is 0 Å². The highest BCUT2D eigenvalue weighted by Crippen LogP contribution is 2.38. The van der Waals surface area contributed by atoms with Crippen molar-refractivity contribution in [3.8, 4) is 23.3 Å². The molecule has 0 aliphatic rings. The Morgan fingerprint density at radius 1 is 0.968 bits per heavy atom. The Morgan fingerprint density at radius 3 is 2.32 bits per heavy atom. The zero-order chi connectivity index (χ0) is 22.9. The van der Waals surface area contributed by atoms with Crippen molar-refractivity contribution in [3.63, 3.8) is 0 Å². The SMILES string of the molecule is COc1cccc(C(C#N)(CCCN(C)CCc2ccc(OC)c(OC)c2)C(C)C)c1. The molecule has 2 aromatic carbocycles. The minimum Gasteiger partial charge on any atom is -0.497 e. The van der Waals surface area contributed by atoms with E-state index < -0.39 is 5.41 Å². The molecule has 0 spiro atoms. The Labute approximate surface area is 187 Å². The number of likely N-dealkylation sites (N-methyl/N-ethyl adjacent to an activating group) is 1. The van der Waals surface area contributed by atoms with Gasteiger partial charge < -0.3 is 19.1 Å². The number of hydrogen-bond donors (Lipinski definition) is 0. The summed E-state index contributed by atoms with van der Waals surface area (Å²) in [5, 5.41) is 10.1. The molecule has 2 rings (SSSR count). The van der Waals surface area contributed by atoms with Gasteiger partial charge in [0.05, 0.1) is 32.8 Å². The molecule has 0 aliphatic carbocycles. The quantitative estimate of drug-likeness (QED) is 0.475. The molecule has 0 heterocycles. The van der Waals surface area contributed by atoms with Crippen molar-refractivity contribution < 1.29 is 14.2 Å². The van der Waals surface area contributed by atoms with Crippen LogP contribution in [0.25, 0.3) is 0 Å². The molecule has 0 saturated carbocycles. The van der Waals surface area contributed by atoms with E-state index in [9.17, 15) is 5.26 Å². The maximum Gasteiger partial charge on any atom is 0.160 e. The van der Waals surface area contributed by atoms with Crippen molar-refractivity contribution in [2.75, 3.05) is 41.5 Å². The zero-order valence-electron chi connectivity index (χ0n) is 19.8. The third-order valence-electron chi connectivity index (χ3n) is 6.11. The van der Waals surface area contributed by atoms with Crippen LogP contribution >= 0.6 is 0 Å². The van der Waals surface area contributed by atoms with Gasteiger partial charge in [0.1, 0.15) is 5.75 Å². The van der Waals surface area contributed by atoms with Gasteiger partial charge in [-0.05, 0) is 74.2 Å². The number of nitriles is 1. The molecular weight excluding hydrogens is 388 g/mol. The molecule has 2 aromatic rings. The number of benzene rings is 2. The minimum absolute atomic E-state index is 0.210. The Hall–Kier alpha value is -2.71. The van der Waals surface area contributed by atoms with Crippen LogP contribution in [0.1, 0.15) is 37.8 Å². The molecule has 0 aromatic heterocycles. The van der Waals surface area contributed by atoms with E-state index in [1.807, 2.05) is 36.4 Å². The van der Waals surface area contributed by atoms with Crippen LogP contribution in [-0.2, 0) is 11.8 Å². The molecule has 0 amide bonds. The maximum absolute atomic E-state index is 10.1. The molecule has 0 bridgehead atoms. The van der Waals surface area contributed by atoms with Crippen molar-refractivity contribution in [1.29, 1.82) is 5.26 Å². The summed E-state index contributed by atoms with van der Waals surface area (Å²) in [7, 11) is 7.10. The molecule has 0 saturated heterocycles. The van der Waals surface area contributed by atoms with Crippen molar-refractivity contribution in [1.82, 2.24) is 4.90 Å². The fraction of sp³-hybridized carbons (Fsp3) is 0.500. The lowest BCUT2D eigenvalue weighted by molar-refractivity contribution is 0.293. The summed E-state index contributed by atoms with van der Waals surface area (Å²) in [6.07, 6.45) is 2.70. The van der Waals surface area contributed by atoms with Gasteiger partial charge in [0, 0.05) is 6.54 Å². The first kappa shape index (κ1) is 24.6. The Morgan fingerprint density at radius 2 is 1.71 bits per heavy atom. The second-order valence-electron chi connectivity index (χ2n) is 8.32. The summed E-state index contributed by atoms with van der Waals surface area (Å²) >= 11 is 0.